The maximum absolute atomic E-state index is 12.3. The number of esters is 1. The zero-order valence-corrected chi connectivity index (χ0v) is 15.0. The van der Waals surface area contributed by atoms with Crippen LogP contribution in [0.2, 0.25) is 0 Å². The monoisotopic (exact) mass is 325 g/mol. The third kappa shape index (κ3) is 3.69. The van der Waals surface area contributed by atoms with Gasteiger partial charge in [0.25, 0.3) is 0 Å². The van der Waals surface area contributed by atoms with E-state index in [2.05, 4.69) is 32.7 Å². The molecule has 23 heavy (non-hydrogen) atoms. The summed E-state index contributed by atoms with van der Waals surface area (Å²) in [5.41, 5.74) is 5.89. The van der Waals surface area contributed by atoms with Gasteiger partial charge in [0.15, 0.2) is 0 Å². The molecule has 2 rings (SSSR count). The van der Waals surface area contributed by atoms with Crippen LogP contribution in [0.1, 0.15) is 46.5 Å². The lowest BCUT2D eigenvalue weighted by Crippen LogP contribution is -2.55. The maximum Gasteiger partial charge on any atom is 0.310 e. The fourth-order valence-electron chi connectivity index (χ4n) is 3.86. The molecule has 1 aliphatic carbocycles. The van der Waals surface area contributed by atoms with Crippen LogP contribution in [-0.2, 0) is 14.3 Å². The fraction of sp³-hybridized carbons (Fsp3) is 0.882. The number of hydrogen-bond donors (Lipinski definition) is 1. The third-order valence-corrected chi connectivity index (χ3v) is 5.58. The molecule has 4 atom stereocenters. The minimum absolute atomic E-state index is 0.0217. The summed E-state index contributed by atoms with van der Waals surface area (Å²) < 4.78 is 5.03. The summed E-state index contributed by atoms with van der Waals surface area (Å²) in [5.74, 6) is -0.500. The summed E-state index contributed by atoms with van der Waals surface area (Å²) in [6.07, 6.45) is 3.20. The second-order valence-electron chi connectivity index (χ2n) is 7.87. The SMILES string of the molecule is COC(=O)C1CC(N(C)C(C)(C)C)CCC1N1CCC(N)C1=O. The first-order valence-electron chi connectivity index (χ1n) is 8.53. The molecule has 1 amide bonds. The zero-order valence-electron chi connectivity index (χ0n) is 15.0. The lowest BCUT2D eigenvalue weighted by Gasteiger charge is -2.46. The van der Waals surface area contributed by atoms with Gasteiger partial charge in [0, 0.05) is 24.2 Å². The standard InChI is InChI=1S/C17H31N3O3/c1-17(2,3)19(4)11-6-7-14(12(10-11)16(22)23-5)20-9-8-13(18)15(20)21/h11-14H,6-10,18H2,1-5H3. The van der Waals surface area contributed by atoms with Crippen molar-refractivity contribution in [3.63, 3.8) is 0 Å². The van der Waals surface area contributed by atoms with Crippen LogP contribution in [0, 0.1) is 5.92 Å². The largest absolute Gasteiger partial charge is 0.469 e. The second-order valence-corrected chi connectivity index (χ2v) is 7.87. The van der Waals surface area contributed by atoms with Gasteiger partial charge in [0.05, 0.1) is 19.1 Å². The molecular formula is C17H31N3O3. The minimum atomic E-state index is -0.414. The number of methoxy groups -OCH3 is 1. The number of hydrogen-bond acceptors (Lipinski definition) is 5. The summed E-state index contributed by atoms with van der Waals surface area (Å²) in [4.78, 5) is 28.8. The van der Waals surface area contributed by atoms with E-state index in [0.29, 0.717) is 19.0 Å². The van der Waals surface area contributed by atoms with Gasteiger partial charge in [-0.3, -0.25) is 14.5 Å². The molecule has 2 N–H and O–H groups in total. The van der Waals surface area contributed by atoms with Crippen molar-refractivity contribution in [3.8, 4) is 0 Å². The van der Waals surface area contributed by atoms with Crippen molar-refractivity contribution in [2.24, 2.45) is 11.7 Å². The fourth-order valence-corrected chi connectivity index (χ4v) is 3.86. The Morgan fingerprint density at radius 1 is 1.30 bits per heavy atom. The van der Waals surface area contributed by atoms with Crippen molar-refractivity contribution in [2.75, 3.05) is 20.7 Å². The number of amides is 1. The molecule has 4 unspecified atom stereocenters. The number of ether oxygens (including phenoxy) is 1. The lowest BCUT2D eigenvalue weighted by atomic mass is 9.79. The number of nitrogens with two attached hydrogens (primary N) is 1. The number of nitrogens with zero attached hydrogens (tertiary/aromatic N) is 2. The van der Waals surface area contributed by atoms with E-state index in [1.165, 1.54) is 7.11 Å². The van der Waals surface area contributed by atoms with E-state index in [1.807, 2.05) is 4.90 Å². The van der Waals surface area contributed by atoms with Gasteiger partial charge in [-0.25, -0.2) is 0 Å². The highest BCUT2D eigenvalue weighted by Crippen LogP contribution is 2.35. The van der Waals surface area contributed by atoms with Crippen molar-refractivity contribution in [2.45, 2.75) is 70.1 Å². The Hall–Kier alpha value is -1.14. The molecule has 0 aromatic carbocycles. The number of likely N-dealkylation sites (tertiary alicyclic amines) is 1. The van der Waals surface area contributed by atoms with Crippen LogP contribution in [-0.4, -0.2) is 66.0 Å². The molecule has 6 heteroatoms. The molecule has 0 spiro atoms. The highest BCUT2D eigenvalue weighted by molar-refractivity contribution is 5.85. The van der Waals surface area contributed by atoms with Crippen LogP contribution in [0.5, 0.6) is 0 Å². The highest BCUT2D eigenvalue weighted by atomic mass is 16.5. The van der Waals surface area contributed by atoms with E-state index in [4.69, 9.17) is 10.5 Å². The molecule has 0 radical (unpaired) electrons. The summed E-state index contributed by atoms with van der Waals surface area (Å²) in [6.45, 7) is 7.18. The van der Waals surface area contributed by atoms with Crippen molar-refractivity contribution in [1.82, 2.24) is 9.80 Å². The van der Waals surface area contributed by atoms with E-state index < -0.39 is 6.04 Å². The Labute approximate surface area is 139 Å². The molecule has 2 aliphatic rings. The van der Waals surface area contributed by atoms with Crippen LogP contribution < -0.4 is 5.73 Å². The second kappa shape index (κ2) is 6.77. The Morgan fingerprint density at radius 2 is 1.96 bits per heavy atom. The average molecular weight is 325 g/mol. The smallest absolute Gasteiger partial charge is 0.310 e. The Morgan fingerprint density at radius 3 is 2.43 bits per heavy atom. The number of carbonyl (C=O) groups excluding carboxylic acids is 2. The van der Waals surface area contributed by atoms with Crippen LogP contribution in [0.4, 0.5) is 0 Å². The maximum atomic E-state index is 12.3. The van der Waals surface area contributed by atoms with Crippen molar-refractivity contribution >= 4 is 11.9 Å². The molecular weight excluding hydrogens is 294 g/mol. The van der Waals surface area contributed by atoms with Gasteiger partial charge < -0.3 is 15.4 Å². The highest BCUT2D eigenvalue weighted by Gasteiger charge is 2.45. The molecule has 132 valence electrons. The van der Waals surface area contributed by atoms with Crippen LogP contribution in [0.25, 0.3) is 0 Å². The summed E-state index contributed by atoms with van der Waals surface area (Å²) in [5, 5.41) is 0. The van der Waals surface area contributed by atoms with E-state index >= 15 is 0 Å². The molecule has 1 heterocycles. The molecule has 0 bridgehead atoms. The molecule has 0 aromatic heterocycles. The number of carbonyl (C=O) groups is 2. The molecule has 1 saturated carbocycles. The van der Waals surface area contributed by atoms with Gasteiger partial charge in [-0.05, 0) is 53.5 Å². The molecule has 1 saturated heterocycles. The summed E-state index contributed by atoms with van der Waals surface area (Å²) in [6, 6.07) is -0.168. The Kier molecular flexibility index (Phi) is 5.36. The Bertz CT molecular complexity index is 460. The normalized spacial score (nSPS) is 32.5. The van der Waals surface area contributed by atoms with Crippen LogP contribution >= 0.6 is 0 Å². The quantitative estimate of drug-likeness (QED) is 0.783. The van der Waals surface area contributed by atoms with Crippen molar-refractivity contribution < 1.29 is 14.3 Å². The van der Waals surface area contributed by atoms with E-state index in [0.717, 1.165) is 19.3 Å². The first-order valence-corrected chi connectivity index (χ1v) is 8.53. The first-order chi connectivity index (χ1) is 10.7. The average Bonchev–Trinajstić information content (AvgIpc) is 2.84. The topological polar surface area (TPSA) is 75.9 Å². The van der Waals surface area contributed by atoms with Crippen LogP contribution in [0.3, 0.4) is 0 Å². The van der Waals surface area contributed by atoms with Crippen molar-refractivity contribution in [3.05, 3.63) is 0 Å². The van der Waals surface area contributed by atoms with E-state index in [9.17, 15) is 9.59 Å². The first kappa shape index (κ1) is 18.2. The van der Waals surface area contributed by atoms with Crippen LogP contribution in [0.15, 0.2) is 0 Å². The third-order valence-electron chi connectivity index (χ3n) is 5.58. The molecule has 1 aliphatic heterocycles. The van der Waals surface area contributed by atoms with Gasteiger partial charge in [-0.2, -0.15) is 0 Å². The van der Waals surface area contributed by atoms with E-state index in [-0.39, 0.29) is 29.4 Å². The predicted molar refractivity (Wildman–Crippen MR) is 88.8 cm³/mol. The summed E-state index contributed by atoms with van der Waals surface area (Å²) >= 11 is 0. The van der Waals surface area contributed by atoms with Gasteiger partial charge in [0.1, 0.15) is 0 Å². The molecule has 6 nitrogen and oxygen atoms in total. The minimum Gasteiger partial charge on any atom is -0.469 e. The summed E-state index contributed by atoms with van der Waals surface area (Å²) in [7, 11) is 3.53. The Balaban J connectivity index is 2.16. The van der Waals surface area contributed by atoms with Gasteiger partial charge in [0.2, 0.25) is 5.91 Å². The van der Waals surface area contributed by atoms with Gasteiger partial charge in [-0.1, -0.05) is 0 Å². The van der Waals surface area contributed by atoms with Crippen molar-refractivity contribution in [1.29, 1.82) is 0 Å². The molecule has 2 fully saturated rings. The molecule has 0 aromatic rings. The zero-order chi connectivity index (χ0) is 17.4. The lowest BCUT2D eigenvalue weighted by molar-refractivity contribution is -0.152. The van der Waals surface area contributed by atoms with E-state index in [1.54, 1.807) is 0 Å². The number of rotatable bonds is 3. The predicted octanol–water partition coefficient (Wildman–Crippen LogP) is 0.987. The van der Waals surface area contributed by atoms with Gasteiger partial charge in [-0.15, -0.1) is 0 Å². The van der Waals surface area contributed by atoms with Gasteiger partial charge >= 0.3 is 5.97 Å².